The summed E-state index contributed by atoms with van der Waals surface area (Å²) in [5, 5.41) is 11.5. The second-order valence-corrected chi connectivity index (χ2v) is 7.24. The first-order valence-corrected chi connectivity index (χ1v) is 9.52. The van der Waals surface area contributed by atoms with Crippen molar-refractivity contribution in [3.05, 3.63) is 70.7 Å². The lowest BCUT2D eigenvalue weighted by atomic mass is 10.0. The predicted octanol–water partition coefficient (Wildman–Crippen LogP) is 5.25. The van der Waals surface area contributed by atoms with Crippen molar-refractivity contribution in [1.29, 1.82) is 0 Å². The van der Waals surface area contributed by atoms with Crippen LogP contribution in [0.5, 0.6) is 17.5 Å². The molecule has 4 rings (SSSR count). The number of aromatic carboxylic acids is 1. The SMILES string of the molecule is Cc1ccc(Oc2nc3cc(-c4ccc(OC(F)(F)F)cc4)c(Cl)cc3[nH]2)cc1C(=O)[O-]. The Morgan fingerprint density at radius 2 is 1.75 bits per heavy atom. The van der Waals surface area contributed by atoms with E-state index in [-0.39, 0.29) is 23.1 Å². The average molecular weight is 462 g/mol. The topological polar surface area (TPSA) is 87.3 Å². The van der Waals surface area contributed by atoms with Crippen LogP contribution in [-0.2, 0) is 0 Å². The molecule has 0 saturated carbocycles. The predicted molar refractivity (Wildman–Crippen MR) is 109 cm³/mol. The lowest BCUT2D eigenvalue weighted by molar-refractivity contribution is -0.274. The van der Waals surface area contributed by atoms with Gasteiger partial charge in [-0.3, -0.25) is 0 Å². The summed E-state index contributed by atoms with van der Waals surface area (Å²) in [6.07, 6.45) is -4.78. The molecule has 1 heterocycles. The second-order valence-electron chi connectivity index (χ2n) is 6.83. The first-order chi connectivity index (χ1) is 15.1. The minimum atomic E-state index is -4.78. The zero-order valence-electron chi connectivity index (χ0n) is 16.3. The average Bonchev–Trinajstić information content (AvgIpc) is 3.09. The van der Waals surface area contributed by atoms with Gasteiger partial charge in [0.05, 0.1) is 22.0 Å². The zero-order chi connectivity index (χ0) is 23.0. The van der Waals surface area contributed by atoms with E-state index in [1.165, 1.54) is 30.3 Å². The monoisotopic (exact) mass is 461 g/mol. The van der Waals surface area contributed by atoms with E-state index < -0.39 is 12.3 Å². The summed E-state index contributed by atoms with van der Waals surface area (Å²) in [6.45, 7) is 1.64. The van der Waals surface area contributed by atoms with Crippen LogP contribution >= 0.6 is 11.6 Å². The van der Waals surface area contributed by atoms with Crippen LogP contribution in [0.2, 0.25) is 5.02 Å². The highest BCUT2D eigenvalue weighted by atomic mass is 35.5. The number of carboxylic acid groups (broad SMARTS) is 1. The van der Waals surface area contributed by atoms with E-state index in [0.717, 1.165) is 0 Å². The Labute approximate surface area is 184 Å². The number of alkyl halides is 3. The largest absolute Gasteiger partial charge is 0.573 e. The number of carbonyl (C=O) groups is 1. The number of hydrogen-bond acceptors (Lipinski definition) is 5. The van der Waals surface area contributed by atoms with E-state index in [0.29, 0.717) is 32.7 Å². The fraction of sp³-hybridized carbons (Fsp3) is 0.0909. The van der Waals surface area contributed by atoms with Gasteiger partial charge in [0, 0.05) is 11.1 Å². The number of halogens is 4. The van der Waals surface area contributed by atoms with E-state index in [1.807, 2.05) is 0 Å². The van der Waals surface area contributed by atoms with Crippen LogP contribution in [0.1, 0.15) is 15.9 Å². The smallest absolute Gasteiger partial charge is 0.545 e. The van der Waals surface area contributed by atoms with Gasteiger partial charge in [-0.15, -0.1) is 13.2 Å². The molecular formula is C22H13ClF3N2O4-. The Hall–Kier alpha value is -3.72. The van der Waals surface area contributed by atoms with Gasteiger partial charge in [0.2, 0.25) is 0 Å². The molecule has 164 valence electrons. The summed E-state index contributed by atoms with van der Waals surface area (Å²) in [5.74, 6) is -1.41. The number of aromatic nitrogens is 2. The number of nitrogens with zero attached hydrogens (tertiary/aromatic N) is 1. The Balaban J connectivity index is 1.62. The molecule has 0 bridgehead atoms. The van der Waals surface area contributed by atoms with Crippen LogP contribution in [0.4, 0.5) is 13.2 Å². The molecule has 1 N–H and O–H groups in total. The molecular weight excluding hydrogens is 449 g/mol. The van der Waals surface area contributed by atoms with Crippen molar-refractivity contribution < 1.29 is 32.5 Å². The molecule has 0 unspecified atom stereocenters. The third-order valence-corrected chi connectivity index (χ3v) is 4.90. The number of benzene rings is 3. The number of aromatic amines is 1. The third-order valence-electron chi connectivity index (χ3n) is 4.59. The lowest BCUT2D eigenvalue weighted by Crippen LogP contribution is -2.23. The third kappa shape index (κ3) is 4.62. The lowest BCUT2D eigenvalue weighted by Gasteiger charge is -2.10. The maximum absolute atomic E-state index is 12.3. The van der Waals surface area contributed by atoms with E-state index >= 15 is 0 Å². The Morgan fingerprint density at radius 1 is 1.06 bits per heavy atom. The minimum Gasteiger partial charge on any atom is -0.545 e. The number of H-pyrrole nitrogens is 1. The van der Waals surface area contributed by atoms with E-state index in [9.17, 15) is 23.1 Å². The summed E-state index contributed by atoms with van der Waals surface area (Å²) in [7, 11) is 0. The van der Waals surface area contributed by atoms with Gasteiger partial charge in [-0.05, 0) is 54.4 Å². The van der Waals surface area contributed by atoms with Crippen LogP contribution < -0.4 is 14.6 Å². The van der Waals surface area contributed by atoms with Gasteiger partial charge in [-0.2, -0.15) is 4.98 Å². The number of carboxylic acids is 1. The quantitative estimate of drug-likeness (QED) is 0.439. The van der Waals surface area contributed by atoms with Crippen LogP contribution in [0.3, 0.4) is 0 Å². The van der Waals surface area contributed by atoms with Gasteiger partial charge in [0.25, 0.3) is 6.01 Å². The van der Waals surface area contributed by atoms with Crippen molar-refractivity contribution in [2.75, 3.05) is 0 Å². The summed E-state index contributed by atoms with van der Waals surface area (Å²) < 4.78 is 46.5. The number of ether oxygens (including phenoxy) is 2. The Kier molecular flexibility index (Phi) is 5.43. The molecule has 0 aliphatic heterocycles. The van der Waals surface area contributed by atoms with E-state index in [4.69, 9.17) is 16.3 Å². The zero-order valence-corrected chi connectivity index (χ0v) is 17.0. The van der Waals surface area contributed by atoms with Crippen molar-refractivity contribution in [2.45, 2.75) is 13.3 Å². The fourth-order valence-electron chi connectivity index (χ4n) is 3.11. The number of hydrogen-bond donors (Lipinski definition) is 1. The van der Waals surface area contributed by atoms with Gasteiger partial charge in [-0.1, -0.05) is 29.8 Å². The highest BCUT2D eigenvalue weighted by Crippen LogP contribution is 2.34. The summed E-state index contributed by atoms with van der Waals surface area (Å²) in [6, 6.07) is 13.2. The summed E-state index contributed by atoms with van der Waals surface area (Å²) in [5.41, 5.74) is 2.69. The Morgan fingerprint density at radius 3 is 2.41 bits per heavy atom. The van der Waals surface area contributed by atoms with Crippen LogP contribution in [-0.4, -0.2) is 22.3 Å². The molecule has 0 saturated heterocycles. The van der Waals surface area contributed by atoms with Gasteiger partial charge in [0.1, 0.15) is 11.5 Å². The molecule has 0 spiro atoms. The number of carbonyl (C=O) groups excluding carboxylic acids is 1. The summed E-state index contributed by atoms with van der Waals surface area (Å²) in [4.78, 5) is 18.5. The number of imidazole rings is 1. The molecule has 0 aliphatic carbocycles. The van der Waals surface area contributed by atoms with E-state index in [1.54, 1.807) is 31.2 Å². The van der Waals surface area contributed by atoms with Gasteiger partial charge >= 0.3 is 6.36 Å². The van der Waals surface area contributed by atoms with Crippen molar-refractivity contribution in [1.82, 2.24) is 9.97 Å². The van der Waals surface area contributed by atoms with Crippen molar-refractivity contribution in [3.63, 3.8) is 0 Å². The number of nitrogens with one attached hydrogen (secondary N) is 1. The molecule has 0 amide bonds. The molecule has 0 atom stereocenters. The highest BCUT2D eigenvalue weighted by Gasteiger charge is 2.31. The fourth-order valence-corrected chi connectivity index (χ4v) is 3.38. The van der Waals surface area contributed by atoms with Crippen molar-refractivity contribution >= 4 is 28.6 Å². The molecule has 4 aromatic rings. The normalized spacial score (nSPS) is 11.5. The molecule has 6 nitrogen and oxygen atoms in total. The van der Waals surface area contributed by atoms with Gasteiger partial charge in [-0.25, -0.2) is 0 Å². The summed E-state index contributed by atoms with van der Waals surface area (Å²) >= 11 is 6.35. The number of aryl methyl sites for hydroxylation is 1. The van der Waals surface area contributed by atoms with E-state index in [2.05, 4.69) is 14.7 Å². The molecule has 32 heavy (non-hydrogen) atoms. The number of fused-ring (bicyclic) bond motifs is 1. The standard InChI is InChI=1S/C22H14ClF3N2O4/c1-11-2-5-14(8-15(11)20(29)30)31-21-27-18-9-16(17(23)10-19(18)28-21)12-3-6-13(7-4-12)32-22(24,25)26/h2-10H,1H3,(H,27,28)(H,29,30)/p-1. The molecule has 0 fully saturated rings. The van der Waals surface area contributed by atoms with Crippen LogP contribution in [0.15, 0.2) is 54.6 Å². The molecule has 10 heteroatoms. The van der Waals surface area contributed by atoms with Gasteiger partial charge in [0.15, 0.2) is 0 Å². The number of rotatable bonds is 5. The Bertz CT molecular complexity index is 1320. The minimum absolute atomic E-state index is 0.00175. The first kappa shape index (κ1) is 21.5. The maximum atomic E-state index is 12.3. The first-order valence-electron chi connectivity index (χ1n) is 9.14. The van der Waals surface area contributed by atoms with Crippen molar-refractivity contribution in [3.8, 4) is 28.6 Å². The highest BCUT2D eigenvalue weighted by molar-refractivity contribution is 6.34. The van der Waals surface area contributed by atoms with Crippen LogP contribution in [0, 0.1) is 6.92 Å². The molecule has 3 aromatic carbocycles. The molecule has 1 aromatic heterocycles. The second kappa shape index (κ2) is 8.08. The molecule has 0 radical (unpaired) electrons. The maximum Gasteiger partial charge on any atom is 0.573 e. The van der Waals surface area contributed by atoms with Crippen molar-refractivity contribution in [2.24, 2.45) is 0 Å². The molecule has 0 aliphatic rings. The van der Waals surface area contributed by atoms with Gasteiger partial charge < -0.3 is 24.4 Å². The van der Waals surface area contributed by atoms with Crippen LogP contribution in [0.25, 0.3) is 22.2 Å².